The molecule has 0 bridgehead atoms. The van der Waals surface area contributed by atoms with Crippen LogP contribution in [0, 0.1) is 0 Å². The Bertz CT molecular complexity index is 1240. The van der Waals surface area contributed by atoms with Gasteiger partial charge in [0.2, 0.25) is 0 Å². The predicted molar refractivity (Wildman–Crippen MR) is 152 cm³/mol. The third-order valence-electron chi connectivity index (χ3n) is 6.88. The van der Waals surface area contributed by atoms with Gasteiger partial charge in [-0.2, -0.15) is 0 Å². The molecule has 1 fully saturated rings. The lowest BCUT2D eigenvalue weighted by Gasteiger charge is -2.45. The summed E-state index contributed by atoms with van der Waals surface area (Å²) in [6.45, 7) is 1.13. The van der Waals surface area contributed by atoms with Crippen molar-refractivity contribution in [1.82, 2.24) is 0 Å². The van der Waals surface area contributed by atoms with E-state index in [1.54, 1.807) is 0 Å². The lowest BCUT2D eigenvalue weighted by atomic mass is 9.97. The quantitative estimate of drug-likeness (QED) is 0.236. The van der Waals surface area contributed by atoms with Crippen molar-refractivity contribution in [2.45, 2.75) is 57.1 Å². The Morgan fingerprint density at radius 3 is 1.20 bits per heavy atom. The molecule has 4 aromatic rings. The van der Waals surface area contributed by atoms with Crippen molar-refractivity contribution in [3.8, 4) is 0 Å². The highest BCUT2D eigenvalue weighted by Gasteiger charge is 2.48. The lowest BCUT2D eigenvalue weighted by molar-refractivity contribution is -0.329. The van der Waals surface area contributed by atoms with Gasteiger partial charge < -0.3 is 28.8 Å². The molecule has 1 saturated heterocycles. The number of hydrogen-bond donors (Lipinski definition) is 1. The van der Waals surface area contributed by atoms with Crippen LogP contribution in [-0.4, -0.2) is 42.4 Å². The van der Waals surface area contributed by atoms with Gasteiger partial charge in [-0.15, -0.1) is 0 Å². The first-order valence-electron chi connectivity index (χ1n) is 13.7. The van der Waals surface area contributed by atoms with Crippen molar-refractivity contribution in [2.75, 3.05) is 6.61 Å². The fourth-order valence-corrected chi connectivity index (χ4v) is 4.78. The van der Waals surface area contributed by atoms with Gasteiger partial charge in [0, 0.05) is 0 Å². The van der Waals surface area contributed by atoms with Crippen molar-refractivity contribution in [2.24, 2.45) is 0 Å². The fraction of sp³-hybridized carbons (Fsp3) is 0.294. The van der Waals surface area contributed by atoms with Gasteiger partial charge in [-0.1, -0.05) is 121 Å². The first-order valence-corrected chi connectivity index (χ1v) is 13.7. The molecule has 4 aromatic carbocycles. The topological polar surface area (TPSA) is 66.4 Å². The molecule has 0 spiro atoms. The van der Waals surface area contributed by atoms with E-state index in [2.05, 4.69) is 0 Å². The molecule has 1 aliphatic rings. The average molecular weight is 541 g/mol. The third kappa shape index (κ3) is 7.86. The Morgan fingerprint density at radius 1 is 0.450 bits per heavy atom. The van der Waals surface area contributed by atoms with Crippen molar-refractivity contribution in [1.29, 1.82) is 0 Å². The lowest BCUT2D eigenvalue weighted by Crippen LogP contribution is -2.61. The Kier molecular flexibility index (Phi) is 10.5. The maximum atomic E-state index is 10.4. The number of rotatable bonds is 13. The highest BCUT2D eigenvalue weighted by atomic mass is 16.7. The molecule has 0 amide bonds. The van der Waals surface area contributed by atoms with Crippen LogP contribution in [-0.2, 0) is 50.1 Å². The largest absolute Gasteiger partial charge is 0.394 e. The van der Waals surface area contributed by atoms with Gasteiger partial charge in [0.25, 0.3) is 0 Å². The second-order valence-corrected chi connectivity index (χ2v) is 9.81. The summed E-state index contributed by atoms with van der Waals surface area (Å²) < 4.78 is 32.1. The molecule has 1 heterocycles. The summed E-state index contributed by atoms with van der Waals surface area (Å²) in [4.78, 5) is 0. The first-order chi connectivity index (χ1) is 19.8. The summed E-state index contributed by atoms with van der Waals surface area (Å²) in [5.74, 6) is 0. The monoisotopic (exact) mass is 540 g/mol. The summed E-state index contributed by atoms with van der Waals surface area (Å²) in [6, 6.07) is 39.8. The normalized spacial score (nSPS) is 22.7. The average Bonchev–Trinajstić information content (AvgIpc) is 3.03. The molecule has 0 radical (unpaired) electrons. The SMILES string of the molecule is OCC1O[C@@H](OCc2ccccc2)C(OCc2ccccc2)C(OCc2ccccc2)[C@@H]1OCc1ccccc1. The van der Waals surface area contributed by atoms with Crippen molar-refractivity contribution < 1.29 is 28.8 Å². The number of ether oxygens (including phenoxy) is 5. The summed E-state index contributed by atoms with van der Waals surface area (Å²) in [5.41, 5.74) is 4.08. The maximum absolute atomic E-state index is 10.4. The molecule has 0 aliphatic carbocycles. The number of aliphatic hydroxyl groups is 1. The smallest absolute Gasteiger partial charge is 0.187 e. The van der Waals surface area contributed by atoms with Crippen LogP contribution < -0.4 is 0 Å². The van der Waals surface area contributed by atoms with E-state index in [9.17, 15) is 5.11 Å². The first kappa shape index (κ1) is 28.2. The highest BCUT2D eigenvalue weighted by molar-refractivity contribution is 5.16. The van der Waals surface area contributed by atoms with E-state index in [1.807, 2.05) is 121 Å². The fourth-order valence-electron chi connectivity index (χ4n) is 4.78. The number of aliphatic hydroxyl groups excluding tert-OH is 1. The standard InChI is InChI=1S/C34H36O6/c35-21-30-31(36-22-26-13-5-1-6-14-26)32(37-23-27-15-7-2-8-16-27)33(38-24-28-17-9-3-10-18-28)34(40-30)39-25-29-19-11-4-12-20-29/h1-20,30-35H,21-25H2/t30?,31-,32?,33?,34-/m1/s1. The molecule has 6 heteroatoms. The van der Waals surface area contributed by atoms with Crippen LogP contribution in [0.1, 0.15) is 22.3 Å². The highest BCUT2D eigenvalue weighted by Crippen LogP contribution is 2.31. The number of hydrogen-bond acceptors (Lipinski definition) is 6. The zero-order valence-corrected chi connectivity index (χ0v) is 22.5. The van der Waals surface area contributed by atoms with Crippen LogP contribution in [0.15, 0.2) is 121 Å². The minimum Gasteiger partial charge on any atom is -0.394 e. The molecule has 40 heavy (non-hydrogen) atoms. The molecule has 1 aliphatic heterocycles. The molecule has 5 atom stereocenters. The van der Waals surface area contributed by atoms with Crippen LogP contribution in [0.3, 0.4) is 0 Å². The van der Waals surface area contributed by atoms with Crippen LogP contribution in [0.25, 0.3) is 0 Å². The molecule has 0 aromatic heterocycles. The Morgan fingerprint density at radius 2 is 0.800 bits per heavy atom. The van der Waals surface area contributed by atoms with E-state index < -0.39 is 30.7 Å². The Labute approximate surface area is 236 Å². The molecule has 208 valence electrons. The van der Waals surface area contributed by atoms with E-state index >= 15 is 0 Å². The van der Waals surface area contributed by atoms with Gasteiger partial charge in [-0.05, 0) is 22.3 Å². The van der Waals surface area contributed by atoms with Gasteiger partial charge >= 0.3 is 0 Å². The molecule has 1 N–H and O–H groups in total. The zero-order chi connectivity index (χ0) is 27.4. The van der Waals surface area contributed by atoms with Crippen molar-refractivity contribution in [3.63, 3.8) is 0 Å². The van der Waals surface area contributed by atoms with Gasteiger partial charge in [0.15, 0.2) is 6.29 Å². The van der Waals surface area contributed by atoms with Crippen LogP contribution >= 0.6 is 0 Å². The minimum atomic E-state index is -0.779. The van der Waals surface area contributed by atoms with E-state index in [-0.39, 0.29) is 6.61 Å². The minimum absolute atomic E-state index is 0.249. The Balaban J connectivity index is 1.41. The molecule has 5 rings (SSSR count). The van der Waals surface area contributed by atoms with E-state index in [4.69, 9.17) is 23.7 Å². The molecule has 3 unspecified atom stereocenters. The van der Waals surface area contributed by atoms with Gasteiger partial charge in [-0.25, -0.2) is 0 Å². The zero-order valence-electron chi connectivity index (χ0n) is 22.5. The molecule has 6 nitrogen and oxygen atoms in total. The summed E-state index contributed by atoms with van der Waals surface area (Å²) in [5, 5.41) is 10.4. The van der Waals surface area contributed by atoms with Crippen molar-refractivity contribution >= 4 is 0 Å². The summed E-state index contributed by atoms with van der Waals surface area (Å²) in [6.07, 6.45) is -3.22. The van der Waals surface area contributed by atoms with Gasteiger partial charge in [0.05, 0.1) is 33.0 Å². The van der Waals surface area contributed by atoms with Crippen LogP contribution in [0.2, 0.25) is 0 Å². The molecular formula is C34H36O6. The second kappa shape index (κ2) is 14.9. The van der Waals surface area contributed by atoms with E-state index in [1.165, 1.54) is 0 Å². The third-order valence-corrected chi connectivity index (χ3v) is 6.88. The van der Waals surface area contributed by atoms with Gasteiger partial charge in [0.1, 0.15) is 24.4 Å². The van der Waals surface area contributed by atoms with Gasteiger partial charge in [-0.3, -0.25) is 0 Å². The second-order valence-electron chi connectivity index (χ2n) is 9.81. The number of benzene rings is 4. The summed E-state index contributed by atoms with van der Waals surface area (Å²) in [7, 11) is 0. The molecular weight excluding hydrogens is 504 g/mol. The van der Waals surface area contributed by atoms with Crippen LogP contribution in [0.5, 0.6) is 0 Å². The van der Waals surface area contributed by atoms with E-state index in [0.717, 1.165) is 22.3 Å². The predicted octanol–water partition coefficient (Wildman–Crippen LogP) is 5.68. The molecule has 0 saturated carbocycles. The van der Waals surface area contributed by atoms with Crippen LogP contribution in [0.4, 0.5) is 0 Å². The maximum Gasteiger partial charge on any atom is 0.187 e. The van der Waals surface area contributed by atoms with E-state index in [0.29, 0.717) is 26.4 Å². The van der Waals surface area contributed by atoms with Crippen molar-refractivity contribution in [3.05, 3.63) is 144 Å². The Hall–Kier alpha value is -3.36. The summed E-state index contributed by atoms with van der Waals surface area (Å²) >= 11 is 0.